The first-order chi connectivity index (χ1) is 20.6. The Morgan fingerprint density at radius 2 is 1.26 bits per heavy atom. The number of hydrogen-bond acceptors (Lipinski definition) is 2. The van der Waals surface area contributed by atoms with Crippen molar-refractivity contribution in [3.8, 4) is 39.4 Å². The molecule has 0 aliphatic carbocycles. The van der Waals surface area contributed by atoms with Crippen molar-refractivity contribution in [2.45, 2.75) is 13.8 Å². The molecule has 0 bridgehead atoms. The van der Waals surface area contributed by atoms with Crippen LogP contribution in [0.1, 0.15) is 11.1 Å². The fourth-order valence-electron chi connectivity index (χ4n) is 6.08. The number of nitrogens with zero attached hydrogens (tertiary/aromatic N) is 2. The summed E-state index contributed by atoms with van der Waals surface area (Å²) in [6.45, 7) is 4.27. The summed E-state index contributed by atoms with van der Waals surface area (Å²) >= 11 is 0. The highest BCUT2D eigenvalue weighted by Gasteiger charge is 2.14. The van der Waals surface area contributed by atoms with Crippen molar-refractivity contribution in [2.75, 3.05) is 0 Å². The lowest BCUT2D eigenvalue weighted by atomic mass is 9.98. The summed E-state index contributed by atoms with van der Waals surface area (Å²) in [5, 5.41) is 2.50. The van der Waals surface area contributed by atoms with E-state index in [1.165, 1.54) is 49.7 Å². The quantitative estimate of drug-likeness (QED) is 0.222. The van der Waals surface area contributed by atoms with Gasteiger partial charge in [-0.25, -0.2) is 4.98 Å². The standard InChI is InChI=1S/C39H28N2O/c1-25-12-13-26(2)33(22-25)30-18-20-35-38(24-30)42-39(40-35)28-16-14-27(15-17-28)29-19-21-37-34(23-29)32-10-6-7-11-36(32)41(37)31-8-4-3-5-9-31/h3-24H,1-2H3. The van der Waals surface area contributed by atoms with Crippen LogP contribution in [0, 0.1) is 13.8 Å². The Kier molecular flexibility index (Phi) is 5.58. The minimum Gasteiger partial charge on any atom is -0.436 e. The molecule has 42 heavy (non-hydrogen) atoms. The highest BCUT2D eigenvalue weighted by molar-refractivity contribution is 6.10. The molecular weight excluding hydrogens is 512 g/mol. The van der Waals surface area contributed by atoms with Crippen molar-refractivity contribution in [3.63, 3.8) is 0 Å². The highest BCUT2D eigenvalue weighted by Crippen LogP contribution is 2.36. The molecule has 0 saturated carbocycles. The molecule has 0 saturated heterocycles. The topological polar surface area (TPSA) is 31.0 Å². The molecule has 200 valence electrons. The summed E-state index contributed by atoms with van der Waals surface area (Å²) in [7, 11) is 0. The summed E-state index contributed by atoms with van der Waals surface area (Å²) in [5.74, 6) is 0.635. The molecule has 2 heterocycles. The van der Waals surface area contributed by atoms with Crippen molar-refractivity contribution < 1.29 is 4.42 Å². The van der Waals surface area contributed by atoms with E-state index in [0.717, 1.165) is 27.8 Å². The van der Waals surface area contributed by atoms with Crippen molar-refractivity contribution >= 4 is 32.9 Å². The van der Waals surface area contributed by atoms with Gasteiger partial charge in [0.05, 0.1) is 11.0 Å². The van der Waals surface area contributed by atoms with Crippen molar-refractivity contribution in [1.82, 2.24) is 9.55 Å². The normalized spacial score (nSPS) is 11.6. The lowest BCUT2D eigenvalue weighted by Gasteiger charge is -2.08. The number of benzene rings is 6. The van der Waals surface area contributed by atoms with Gasteiger partial charge < -0.3 is 8.98 Å². The molecule has 0 spiro atoms. The summed E-state index contributed by atoms with van der Waals surface area (Å²) in [6, 6.07) is 47.3. The largest absolute Gasteiger partial charge is 0.436 e. The summed E-state index contributed by atoms with van der Waals surface area (Å²) < 4.78 is 8.61. The van der Waals surface area contributed by atoms with Crippen LogP contribution in [-0.4, -0.2) is 9.55 Å². The molecule has 0 aliphatic heterocycles. The Morgan fingerprint density at radius 3 is 2.12 bits per heavy atom. The van der Waals surface area contributed by atoms with Crippen LogP contribution in [0.2, 0.25) is 0 Å². The average molecular weight is 541 g/mol. The molecular formula is C39H28N2O. The van der Waals surface area contributed by atoms with E-state index in [1.807, 2.05) is 0 Å². The molecule has 0 atom stereocenters. The number of rotatable bonds is 4. The minimum atomic E-state index is 0.635. The third-order valence-electron chi connectivity index (χ3n) is 8.24. The zero-order valence-electron chi connectivity index (χ0n) is 23.5. The number of aromatic nitrogens is 2. The van der Waals surface area contributed by atoms with Crippen LogP contribution in [0.5, 0.6) is 0 Å². The maximum absolute atomic E-state index is 6.27. The van der Waals surface area contributed by atoms with Gasteiger partial charge in [-0.1, -0.05) is 84.4 Å². The molecule has 0 aliphatic rings. The summed E-state index contributed by atoms with van der Waals surface area (Å²) in [5.41, 5.74) is 13.4. The lowest BCUT2D eigenvalue weighted by molar-refractivity contribution is 0.620. The van der Waals surface area contributed by atoms with Gasteiger partial charge in [0.25, 0.3) is 0 Å². The average Bonchev–Trinajstić information content (AvgIpc) is 3.61. The smallest absolute Gasteiger partial charge is 0.227 e. The Bertz CT molecular complexity index is 2250. The van der Waals surface area contributed by atoms with E-state index in [4.69, 9.17) is 9.40 Å². The van der Waals surface area contributed by atoms with E-state index >= 15 is 0 Å². The van der Waals surface area contributed by atoms with E-state index in [1.54, 1.807) is 0 Å². The zero-order chi connectivity index (χ0) is 28.2. The van der Waals surface area contributed by atoms with Crippen molar-refractivity contribution in [2.24, 2.45) is 0 Å². The van der Waals surface area contributed by atoms with Crippen LogP contribution in [0.4, 0.5) is 0 Å². The maximum atomic E-state index is 6.27. The van der Waals surface area contributed by atoms with Crippen LogP contribution in [0.3, 0.4) is 0 Å². The maximum Gasteiger partial charge on any atom is 0.227 e. The minimum absolute atomic E-state index is 0.635. The molecule has 6 aromatic carbocycles. The Balaban J connectivity index is 1.15. The molecule has 8 aromatic rings. The fraction of sp³-hybridized carbons (Fsp3) is 0.0513. The number of hydrogen-bond donors (Lipinski definition) is 0. The monoisotopic (exact) mass is 540 g/mol. The number of fused-ring (bicyclic) bond motifs is 4. The SMILES string of the molecule is Cc1ccc(C)c(-c2ccc3nc(-c4ccc(-c5ccc6c(c5)c5ccccc5n6-c5ccccc5)cc4)oc3c2)c1. The van der Waals surface area contributed by atoms with Crippen LogP contribution in [-0.2, 0) is 0 Å². The molecule has 0 unspecified atom stereocenters. The van der Waals surface area contributed by atoms with E-state index in [9.17, 15) is 0 Å². The van der Waals surface area contributed by atoms with Gasteiger partial charge in [-0.15, -0.1) is 0 Å². The second-order valence-corrected chi connectivity index (χ2v) is 11.0. The molecule has 0 radical (unpaired) electrons. The number of oxazole rings is 1. The second kappa shape index (κ2) is 9.60. The number of aryl methyl sites for hydroxylation is 2. The third-order valence-corrected chi connectivity index (χ3v) is 8.24. The summed E-state index contributed by atoms with van der Waals surface area (Å²) in [6.07, 6.45) is 0. The molecule has 2 aromatic heterocycles. The van der Waals surface area contributed by atoms with Gasteiger partial charge in [0.2, 0.25) is 5.89 Å². The third kappa shape index (κ3) is 4.02. The van der Waals surface area contributed by atoms with Gasteiger partial charge >= 0.3 is 0 Å². The predicted octanol–water partition coefficient (Wildman–Crippen LogP) is 10.5. The zero-order valence-corrected chi connectivity index (χ0v) is 23.5. The second-order valence-electron chi connectivity index (χ2n) is 11.0. The van der Waals surface area contributed by atoms with Gasteiger partial charge in [0.1, 0.15) is 5.52 Å². The lowest BCUT2D eigenvalue weighted by Crippen LogP contribution is -1.92. The Labute approximate surface area is 244 Å². The first kappa shape index (κ1) is 24.4. The summed E-state index contributed by atoms with van der Waals surface area (Å²) in [4.78, 5) is 4.80. The van der Waals surface area contributed by atoms with Crippen LogP contribution < -0.4 is 0 Å². The first-order valence-electron chi connectivity index (χ1n) is 14.3. The van der Waals surface area contributed by atoms with Crippen LogP contribution in [0.25, 0.3) is 72.3 Å². The predicted molar refractivity (Wildman–Crippen MR) is 174 cm³/mol. The van der Waals surface area contributed by atoms with Gasteiger partial charge in [-0.05, 0) is 96.3 Å². The molecule has 0 amide bonds. The number of para-hydroxylation sites is 2. The van der Waals surface area contributed by atoms with Gasteiger partial charge in [0, 0.05) is 22.0 Å². The van der Waals surface area contributed by atoms with Crippen molar-refractivity contribution in [1.29, 1.82) is 0 Å². The Hall–Kier alpha value is -5.41. The molecule has 0 N–H and O–H groups in total. The Morgan fingerprint density at radius 1 is 0.548 bits per heavy atom. The molecule has 3 nitrogen and oxygen atoms in total. The fourth-order valence-corrected chi connectivity index (χ4v) is 6.08. The molecule has 0 fully saturated rings. The van der Waals surface area contributed by atoms with E-state index in [0.29, 0.717) is 5.89 Å². The van der Waals surface area contributed by atoms with E-state index in [2.05, 4.69) is 152 Å². The van der Waals surface area contributed by atoms with Gasteiger partial charge in [-0.3, -0.25) is 0 Å². The van der Waals surface area contributed by atoms with Gasteiger partial charge in [0.15, 0.2) is 5.58 Å². The van der Waals surface area contributed by atoms with Crippen LogP contribution in [0.15, 0.2) is 138 Å². The first-order valence-corrected chi connectivity index (χ1v) is 14.3. The van der Waals surface area contributed by atoms with E-state index < -0.39 is 0 Å². The van der Waals surface area contributed by atoms with E-state index in [-0.39, 0.29) is 0 Å². The van der Waals surface area contributed by atoms with Crippen LogP contribution >= 0.6 is 0 Å². The van der Waals surface area contributed by atoms with Gasteiger partial charge in [-0.2, -0.15) is 0 Å². The van der Waals surface area contributed by atoms with Crippen molar-refractivity contribution in [3.05, 3.63) is 145 Å². The highest BCUT2D eigenvalue weighted by atomic mass is 16.3. The molecule has 8 rings (SSSR count). The molecule has 3 heteroatoms.